The lowest BCUT2D eigenvalue weighted by molar-refractivity contribution is 1.68. The van der Waals surface area contributed by atoms with Gasteiger partial charge in [0.1, 0.15) is 0 Å². The third-order valence-corrected chi connectivity index (χ3v) is 2.91. The number of hydrogen-bond acceptors (Lipinski definition) is 0. The van der Waals surface area contributed by atoms with Crippen molar-refractivity contribution in [1.82, 2.24) is 0 Å². The summed E-state index contributed by atoms with van der Waals surface area (Å²) in [5, 5.41) is 3.15. The SMILES string of the molecule is C=C(Cl)c1cccc2c(C(=C)Cl)cccc12. The summed E-state index contributed by atoms with van der Waals surface area (Å²) in [5.74, 6) is 0. The Morgan fingerprint density at radius 2 is 1.12 bits per heavy atom. The zero-order valence-corrected chi connectivity index (χ0v) is 10.1. The van der Waals surface area contributed by atoms with Crippen LogP contribution in [0.4, 0.5) is 0 Å². The van der Waals surface area contributed by atoms with Crippen molar-refractivity contribution in [2.75, 3.05) is 0 Å². The third-order valence-electron chi connectivity index (χ3n) is 2.51. The zero-order valence-electron chi connectivity index (χ0n) is 8.63. The lowest BCUT2D eigenvalue weighted by atomic mass is 10.00. The fourth-order valence-electron chi connectivity index (χ4n) is 1.78. The molecule has 0 aromatic heterocycles. The molecule has 0 bridgehead atoms. The van der Waals surface area contributed by atoms with E-state index < -0.39 is 0 Å². The predicted octanol–water partition coefficient (Wildman–Crippen LogP) is 5.26. The van der Waals surface area contributed by atoms with Crippen molar-refractivity contribution in [2.45, 2.75) is 0 Å². The standard InChI is InChI=1S/C14H10Cl2/c1-9(15)11-5-3-8-14-12(10(2)16)6-4-7-13(11)14/h3-8H,1-2H2. The first-order chi connectivity index (χ1) is 7.61. The van der Waals surface area contributed by atoms with Gasteiger partial charge in [-0.1, -0.05) is 72.8 Å². The quantitative estimate of drug-likeness (QED) is 0.681. The van der Waals surface area contributed by atoms with Gasteiger partial charge in [0.2, 0.25) is 0 Å². The first kappa shape index (κ1) is 11.3. The molecule has 0 unspecified atom stereocenters. The van der Waals surface area contributed by atoms with Crippen molar-refractivity contribution >= 4 is 44.0 Å². The molecule has 2 rings (SSSR count). The molecule has 0 radical (unpaired) electrons. The Hall–Kier alpha value is -1.24. The maximum atomic E-state index is 5.96. The van der Waals surface area contributed by atoms with Gasteiger partial charge in [0, 0.05) is 21.2 Å². The van der Waals surface area contributed by atoms with Crippen molar-refractivity contribution in [3.63, 3.8) is 0 Å². The highest BCUT2D eigenvalue weighted by Gasteiger charge is 2.06. The first-order valence-electron chi connectivity index (χ1n) is 4.82. The van der Waals surface area contributed by atoms with Gasteiger partial charge in [0.25, 0.3) is 0 Å². The van der Waals surface area contributed by atoms with Crippen LogP contribution in [0.2, 0.25) is 0 Å². The van der Waals surface area contributed by atoms with Crippen LogP contribution in [0.5, 0.6) is 0 Å². The van der Waals surface area contributed by atoms with Crippen LogP contribution in [0.15, 0.2) is 49.6 Å². The second-order valence-corrected chi connectivity index (χ2v) is 4.43. The Morgan fingerprint density at radius 3 is 1.44 bits per heavy atom. The van der Waals surface area contributed by atoms with Gasteiger partial charge in [0.15, 0.2) is 0 Å². The van der Waals surface area contributed by atoms with Gasteiger partial charge in [-0.15, -0.1) is 0 Å². The summed E-state index contributed by atoms with van der Waals surface area (Å²) in [5.41, 5.74) is 1.86. The summed E-state index contributed by atoms with van der Waals surface area (Å²) in [4.78, 5) is 0. The number of rotatable bonds is 2. The van der Waals surface area contributed by atoms with E-state index in [1.54, 1.807) is 0 Å². The first-order valence-corrected chi connectivity index (χ1v) is 5.58. The highest BCUT2D eigenvalue weighted by Crippen LogP contribution is 2.31. The van der Waals surface area contributed by atoms with Crippen LogP contribution in [0.1, 0.15) is 11.1 Å². The maximum Gasteiger partial charge on any atom is 0.0412 e. The van der Waals surface area contributed by atoms with E-state index in [-0.39, 0.29) is 0 Å². The molecule has 0 atom stereocenters. The van der Waals surface area contributed by atoms with Gasteiger partial charge >= 0.3 is 0 Å². The van der Waals surface area contributed by atoms with E-state index in [1.807, 2.05) is 36.4 Å². The molecule has 0 N–H and O–H groups in total. The molecule has 0 aliphatic heterocycles. The largest absolute Gasteiger partial charge is 0.0843 e. The normalized spacial score (nSPS) is 10.4. The summed E-state index contributed by atoms with van der Waals surface area (Å²) < 4.78 is 0. The molecule has 16 heavy (non-hydrogen) atoms. The predicted molar refractivity (Wildman–Crippen MR) is 73.7 cm³/mol. The molecule has 2 aromatic rings. The van der Waals surface area contributed by atoms with Crippen molar-refractivity contribution < 1.29 is 0 Å². The Labute approximate surface area is 105 Å². The summed E-state index contributed by atoms with van der Waals surface area (Å²) in [6, 6.07) is 11.8. The molecule has 0 fully saturated rings. The van der Waals surface area contributed by atoms with Gasteiger partial charge in [0.05, 0.1) is 0 Å². The van der Waals surface area contributed by atoms with Gasteiger partial charge in [-0.05, 0) is 10.8 Å². The fraction of sp³-hybridized carbons (Fsp3) is 0. The van der Waals surface area contributed by atoms with Crippen molar-refractivity contribution in [3.05, 3.63) is 60.7 Å². The van der Waals surface area contributed by atoms with Crippen molar-refractivity contribution in [3.8, 4) is 0 Å². The number of hydrogen-bond donors (Lipinski definition) is 0. The number of benzene rings is 2. The maximum absolute atomic E-state index is 5.96. The molecule has 0 nitrogen and oxygen atoms in total. The van der Waals surface area contributed by atoms with E-state index >= 15 is 0 Å². The minimum atomic E-state index is 0.530. The van der Waals surface area contributed by atoms with Crippen LogP contribution in [0, 0.1) is 0 Å². The lowest BCUT2D eigenvalue weighted by Crippen LogP contribution is -1.85. The van der Waals surface area contributed by atoms with Crippen LogP contribution in [-0.4, -0.2) is 0 Å². The highest BCUT2D eigenvalue weighted by atomic mass is 35.5. The summed E-state index contributed by atoms with van der Waals surface area (Å²) in [7, 11) is 0. The topological polar surface area (TPSA) is 0 Å². The Morgan fingerprint density at radius 1 is 0.750 bits per heavy atom. The second-order valence-electron chi connectivity index (χ2n) is 3.52. The van der Waals surface area contributed by atoms with Gasteiger partial charge in [-0.25, -0.2) is 0 Å². The Balaban J connectivity index is 2.86. The molecular formula is C14H10Cl2. The van der Waals surface area contributed by atoms with E-state index in [0.29, 0.717) is 10.1 Å². The fourth-order valence-corrected chi connectivity index (χ4v) is 2.11. The Kier molecular flexibility index (Phi) is 3.04. The monoisotopic (exact) mass is 248 g/mol. The molecule has 0 spiro atoms. The van der Waals surface area contributed by atoms with Crippen molar-refractivity contribution in [2.24, 2.45) is 0 Å². The molecule has 2 heteroatoms. The van der Waals surface area contributed by atoms with Crippen molar-refractivity contribution in [1.29, 1.82) is 0 Å². The average molecular weight is 249 g/mol. The second kappa shape index (κ2) is 4.32. The highest BCUT2D eigenvalue weighted by molar-refractivity contribution is 6.50. The van der Waals surface area contributed by atoms with Crippen LogP contribution < -0.4 is 0 Å². The molecule has 0 saturated carbocycles. The van der Waals surface area contributed by atoms with Crippen LogP contribution in [0.3, 0.4) is 0 Å². The molecule has 0 amide bonds. The van der Waals surface area contributed by atoms with Crippen LogP contribution >= 0.6 is 23.2 Å². The summed E-state index contributed by atoms with van der Waals surface area (Å²) in [6.45, 7) is 7.52. The third kappa shape index (κ3) is 1.87. The molecule has 0 aliphatic rings. The molecule has 2 aromatic carbocycles. The average Bonchev–Trinajstić information content (AvgIpc) is 2.27. The van der Waals surface area contributed by atoms with Gasteiger partial charge < -0.3 is 0 Å². The van der Waals surface area contributed by atoms with E-state index in [1.165, 1.54) is 0 Å². The van der Waals surface area contributed by atoms with E-state index in [2.05, 4.69) is 13.2 Å². The van der Waals surface area contributed by atoms with E-state index in [9.17, 15) is 0 Å². The molecular weight excluding hydrogens is 239 g/mol. The minimum Gasteiger partial charge on any atom is -0.0843 e. The van der Waals surface area contributed by atoms with Gasteiger partial charge in [-0.2, -0.15) is 0 Å². The smallest absolute Gasteiger partial charge is 0.0412 e. The lowest BCUT2D eigenvalue weighted by Gasteiger charge is -2.08. The summed E-state index contributed by atoms with van der Waals surface area (Å²) in [6.07, 6.45) is 0. The van der Waals surface area contributed by atoms with E-state index in [0.717, 1.165) is 21.9 Å². The molecule has 0 saturated heterocycles. The molecule has 0 aliphatic carbocycles. The van der Waals surface area contributed by atoms with E-state index in [4.69, 9.17) is 23.2 Å². The van der Waals surface area contributed by atoms with Gasteiger partial charge in [-0.3, -0.25) is 0 Å². The molecule has 0 heterocycles. The van der Waals surface area contributed by atoms with Crippen LogP contribution in [-0.2, 0) is 0 Å². The summed E-state index contributed by atoms with van der Waals surface area (Å²) >= 11 is 11.9. The number of fused-ring (bicyclic) bond motifs is 1. The number of halogens is 2. The van der Waals surface area contributed by atoms with Crippen LogP contribution in [0.25, 0.3) is 20.8 Å². The molecule has 80 valence electrons. The Bertz CT molecular complexity index is 529. The zero-order chi connectivity index (χ0) is 11.7. The minimum absolute atomic E-state index is 0.530.